The van der Waals surface area contributed by atoms with Crippen LogP contribution in [0.3, 0.4) is 0 Å². The van der Waals surface area contributed by atoms with Crippen molar-refractivity contribution in [3.8, 4) is 0 Å². The molecule has 1 unspecified atom stereocenters. The van der Waals surface area contributed by atoms with Crippen LogP contribution in [0.5, 0.6) is 0 Å². The van der Waals surface area contributed by atoms with E-state index in [4.69, 9.17) is 4.89 Å². The maximum absolute atomic E-state index is 9.92. The van der Waals surface area contributed by atoms with Gasteiger partial charge in [0.15, 0.2) is 8.03 Å². The molecule has 0 aliphatic carbocycles. The summed E-state index contributed by atoms with van der Waals surface area (Å²) in [6.07, 6.45) is 1.97. The molecule has 3 heteroatoms. The van der Waals surface area contributed by atoms with E-state index < -0.39 is 8.03 Å². The van der Waals surface area contributed by atoms with Crippen molar-refractivity contribution in [3.63, 3.8) is 0 Å². The Labute approximate surface area is 44.4 Å². The molecule has 0 aliphatic rings. The molecule has 0 bridgehead atoms. The maximum atomic E-state index is 9.92. The summed E-state index contributed by atoms with van der Waals surface area (Å²) in [5.74, 6) is 0. The van der Waals surface area contributed by atoms with E-state index in [1.807, 2.05) is 0 Å². The van der Waals surface area contributed by atoms with Gasteiger partial charge in [0.05, 0.1) is 0 Å². The Kier molecular flexibility index (Phi) is 4.47. The second kappa shape index (κ2) is 4.35. The normalized spacial score (nSPS) is 14.0. The highest BCUT2D eigenvalue weighted by Crippen LogP contribution is 2.13. The van der Waals surface area contributed by atoms with Crippen LogP contribution in [0.4, 0.5) is 0 Å². The Bertz CT molecular complexity index is 62.7. The van der Waals surface area contributed by atoms with Crippen LogP contribution in [0, 0.1) is 6.92 Å². The van der Waals surface area contributed by atoms with E-state index in [9.17, 15) is 4.57 Å². The molecule has 0 aromatic heterocycles. The fraction of sp³-hybridized carbons (Fsp3) is 0.750. The Balaban J connectivity index is 2.82. The van der Waals surface area contributed by atoms with Crippen molar-refractivity contribution < 1.29 is 9.46 Å². The molecular formula is C4H10O2P. The van der Waals surface area contributed by atoms with Gasteiger partial charge in [0, 0.05) is 6.16 Å². The molecule has 0 aromatic carbocycles. The van der Waals surface area contributed by atoms with E-state index in [1.165, 1.54) is 0 Å². The van der Waals surface area contributed by atoms with Crippen molar-refractivity contribution >= 4 is 8.03 Å². The third kappa shape index (κ3) is 6.19. The van der Waals surface area contributed by atoms with E-state index in [1.54, 1.807) is 0 Å². The quantitative estimate of drug-likeness (QED) is 0.567. The van der Waals surface area contributed by atoms with Gasteiger partial charge >= 0.3 is 0 Å². The highest BCUT2D eigenvalue weighted by atomic mass is 31.1. The SMILES string of the molecule is [CH2]CCC[PH](=O)O. The number of hydrogen-bond acceptors (Lipinski definition) is 1. The van der Waals surface area contributed by atoms with Gasteiger partial charge in [0.25, 0.3) is 0 Å². The van der Waals surface area contributed by atoms with Crippen molar-refractivity contribution in [2.75, 3.05) is 6.16 Å². The average molecular weight is 121 g/mol. The van der Waals surface area contributed by atoms with Crippen molar-refractivity contribution in [2.45, 2.75) is 12.8 Å². The minimum absolute atomic E-state index is 0.439. The molecule has 7 heavy (non-hydrogen) atoms. The molecule has 0 heterocycles. The molecule has 1 N–H and O–H groups in total. The summed E-state index contributed by atoms with van der Waals surface area (Å²) in [5.41, 5.74) is 0. The first-order valence-corrected chi connectivity index (χ1v) is 3.84. The van der Waals surface area contributed by atoms with Gasteiger partial charge in [-0.3, -0.25) is 4.57 Å². The van der Waals surface area contributed by atoms with Crippen LogP contribution in [-0.4, -0.2) is 11.1 Å². The molecule has 0 aromatic rings. The third-order valence-electron chi connectivity index (χ3n) is 0.641. The van der Waals surface area contributed by atoms with Crippen LogP contribution in [-0.2, 0) is 4.57 Å². The summed E-state index contributed by atoms with van der Waals surface area (Å²) in [6.45, 7) is 3.52. The first kappa shape index (κ1) is 7.19. The minimum atomic E-state index is -2.19. The zero-order valence-corrected chi connectivity index (χ0v) is 5.18. The van der Waals surface area contributed by atoms with Gasteiger partial charge in [-0.25, -0.2) is 0 Å². The smallest absolute Gasteiger partial charge is 0.189 e. The molecule has 1 atom stereocenters. The molecule has 0 saturated carbocycles. The second-order valence-corrected chi connectivity index (χ2v) is 2.64. The van der Waals surface area contributed by atoms with E-state index in [-0.39, 0.29) is 0 Å². The van der Waals surface area contributed by atoms with Crippen LogP contribution in [0.25, 0.3) is 0 Å². The van der Waals surface area contributed by atoms with Crippen LogP contribution in [0.1, 0.15) is 12.8 Å². The first-order valence-electron chi connectivity index (χ1n) is 2.28. The summed E-state index contributed by atoms with van der Waals surface area (Å²) in [6, 6.07) is 0. The average Bonchev–Trinajstić information content (AvgIpc) is 1.61. The monoisotopic (exact) mass is 121 g/mol. The molecular weight excluding hydrogens is 111 g/mol. The Hall–Kier alpha value is 0.190. The topological polar surface area (TPSA) is 37.3 Å². The van der Waals surface area contributed by atoms with E-state index in [2.05, 4.69) is 6.92 Å². The van der Waals surface area contributed by atoms with Crippen molar-refractivity contribution in [1.29, 1.82) is 0 Å². The van der Waals surface area contributed by atoms with E-state index in [0.717, 1.165) is 12.8 Å². The largest absolute Gasteiger partial charge is 0.346 e. The zero-order valence-electron chi connectivity index (χ0n) is 4.18. The van der Waals surface area contributed by atoms with Gasteiger partial charge in [-0.15, -0.1) is 0 Å². The number of rotatable bonds is 3. The van der Waals surface area contributed by atoms with Gasteiger partial charge in [-0.2, -0.15) is 0 Å². The van der Waals surface area contributed by atoms with Crippen LogP contribution < -0.4 is 0 Å². The molecule has 0 spiro atoms. The molecule has 0 aliphatic heterocycles. The Morgan fingerprint density at radius 3 is 2.43 bits per heavy atom. The Morgan fingerprint density at radius 1 is 1.71 bits per heavy atom. The summed E-state index contributed by atoms with van der Waals surface area (Å²) >= 11 is 0. The van der Waals surface area contributed by atoms with Gasteiger partial charge in [0.2, 0.25) is 0 Å². The van der Waals surface area contributed by atoms with Gasteiger partial charge in [0.1, 0.15) is 0 Å². The fourth-order valence-electron chi connectivity index (χ4n) is 0.276. The molecule has 1 radical (unpaired) electrons. The zero-order chi connectivity index (χ0) is 5.70. The van der Waals surface area contributed by atoms with E-state index in [0.29, 0.717) is 6.16 Å². The lowest BCUT2D eigenvalue weighted by Gasteiger charge is -1.87. The maximum Gasteiger partial charge on any atom is 0.189 e. The van der Waals surface area contributed by atoms with Crippen LogP contribution >= 0.6 is 8.03 Å². The molecule has 0 fully saturated rings. The van der Waals surface area contributed by atoms with Crippen molar-refractivity contribution in [1.82, 2.24) is 0 Å². The summed E-state index contributed by atoms with van der Waals surface area (Å²) in [7, 11) is -2.19. The lowest BCUT2D eigenvalue weighted by molar-refractivity contribution is 0.501. The summed E-state index contributed by atoms with van der Waals surface area (Å²) in [4.78, 5) is 8.20. The fourth-order valence-corrected chi connectivity index (χ4v) is 0.829. The molecule has 0 amide bonds. The predicted molar refractivity (Wildman–Crippen MR) is 30.7 cm³/mol. The lowest BCUT2D eigenvalue weighted by Crippen LogP contribution is -1.73. The molecule has 43 valence electrons. The highest BCUT2D eigenvalue weighted by Gasteiger charge is 1.87. The standard InChI is InChI=1S/C4H10O2P/c1-2-3-4-7(5)6/h7H,1-4H2,(H,5,6). The van der Waals surface area contributed by atoms with Crippen LogP contribution in [0.15, 0.2) is 0 Å². The van der Waals surface area contributed by atoms with Crippen molar-refractivity contribution in [2.24, 2.45) is 0 Å². The number of unbranched alkanes of at least 4 members (excludes halogenated alkanes) is 1. The summed E-state index contributed by atoms with van der Waals surface area (Å²) in [5, 5.41) is 0. The van der Waals surface area contributed by atoms with Gasteiger partial charge < -0.3 is 4.89 Å². The van der Waals surface area contributed by atoms with Gasteiger partial charge in [-0.1, -0.05) is 13.3 Å². The van der Waals surface area contributed by atoms with Crippen molar-refractivity contribution in [3.05, 3.63) is 6.92 Å². The minimum Gasteiger partial charge on any atom is -0.346 e. The predicted octanol–water partition coefficient (Wildman–Crippen LogP) is 1.07. The Morgan fingerprint density at radius 2 is 2.29 bits per heavy atom. The van der Waals surface area contributed by atoms with E-state index >= 15 is 0 Å². The highest BCUT2D eigenvalue weighted by molar-refractivity contribution is 7.37. The lowest BCUT2D eigenvalue weighted by atomic mass is 10.4. The van der Waals surface area contributed by atoms with Crippen LogP contribution in [0.2, 0.25) is 0 Å². The molecule has 0 rings (SSSR count). The first-order chi connectivity index (χ1) is 3.27. The third-order valence-corrected chi connectivity index (χ3v) is 1.42. The number of hydrogen-bond donors (Lipinski definition) is 1. The van der Waals surface area contributed by atoms with Gasteiger partial charge in [-0.05, 0) is 6.42 Å². The molecule has 2 nitrogen and oxygen atoms in total. The molecule has 0 saturated heterocycles. The summed E-state index contributed by atoms with van der Waals surface area (Å²) < 4.78 is 9.92. The second-order valence-electron chi connectivity index (χ2n) is 1.35.